The Morgan fingerprint density at radius 3 is 2.81 bits per heavy atom. The fourth-order valence-corrected chi connectivity index (χ4v) is 3.85. The highest BCUT2D eigenvalue weighted by molar-refractivity contribution is 8.13. The summed E-state index contributed by atoms with van der Waals surface area (Å²) in [7, 11) is 0. The molecule has 1 aliphatic heterocycles. The number of thioether (sulfide) groups is 1. The topological polar surface area (TPSA) is 67.5 Å². The number of nitrogens with two attached hydrogens (primary N) is 1. The number of amides is 1. The number of halogens is 3. The smallest absolute Gasteiger partial charge is 0.258 e. The molecule has 1 atom stereocenters. The standard InChI is InChI=1S/C18H16ClF2N3OS/c1-18(5-6-26-17(22)24-18)10-3-2-4-11(7-10)23-16(25)12-8-15(21)13(19)9-14(12)20/h2-4,7-9H,5-6H2,1H3,(H2,22,24)(H,23,25). The predicted molar refractivity (Wildman–Crippen MR) is 102 cm³/mol. The first-order valence-electron chi connectivity index (χ1n) is 7.83. The quantitative estimate of drug-likeness (QED) is 0.750. The Balaban J connectivity index is 1.87. The van der Waals surface area contributed by atoms with Gasteiger partial charge in [0.15, 0.2) is 5.17 Å². The van der Waals surface area contributed by atoms with E-state index in [1.54, 1.807) is 18.2 Å². The average Bonchev–Trinajstić information content (AvgIpc) is 2.58. The maximum atomic E-state index is 13.9. The third-order valence-corrected chi connectivity index (χ3v) is 5.28. The first kappa shape index (κ1) is 18.7. The number of carbonyl (C=O) groups excluding carboxylic acids is 1. The first-order valence-corrected chi connectivity index (χ1v) is 9.19. The Hall–Kier alpha value is -2.12. The molecular weight excluding hydrogens is 380 g/mol. The van der Waals surface area contributed by atoms with Crippen LogP contribution >= 0.6 is 23.4 Å². The van der Waals surface area contributed by atoms with Gasteiger partial charge in [0.2, 0.25) is 0 Å². The zero-order chi connectivity index (χ0) is 18.9. The van der Waals surface area contributed by atoms with Crippen molar-refractivity contribution in [1.82, 2.24) is 0 Å². The van der Waals surface area contributed by atoms with Gasteiger partial charge in [0.25, 0.3) is 5.91 Å². The summed E-state index contributed by atoms with van der Waals surface area (Å²) in [6, 6.07) is 8.64. The van der Waals surface area contributed by atoms with Crippen LogP contribution in [0.4, 0.5) is 14.5 Å². The van der Waals surface area contributed by atoms with E-state index in [-0.39, 0.29) is 5.02 Å². The van der Waals surface area contributed by atoms with Crippen LogP contribution in [0, 0.1) is 11.6 Å². The number of hydrogen-bond acceptors (Lipinski definition) is 4. The Labute approximate surface area is 158 Å². The Bertz CT molecular complexity index is 906. The summed E-state index contributed by atoms with van der Waals surface area (Å²) in [6.45, 7) is 1.97. The first-order chi connectivity index (χ1) is 12.3. The van der Waals surface area contributed by atoms with E-state index in [4.69, 9.17) is 17.3 Å². The molecule has 4 nitrogen and oxygen atoms in total. The largest absolute Gasteiger partial charge is 0.379 e. The summed E-state index contributed by atoms with van der Waals surface area (Å²) in [5, 5.41) is 2.72. The zero-order valence-electron chi connectivity index (χ0n) is 13.9. The molecule has 1 unspecified atom stereocenters. The van der Waals surface area contributed by atoms with Gasteiger partial charge in [0.05, 0.1) is 16.1 Å². The molecule has 136 valence electrons. The summed E-state index contributed by atoms with van der Waals surface area (Å²) >= 11 is 7.01. The lowest BCUT2D eigenvalue weighted by molar-refractivity contribution is 0.102. The van der Waals surface area contributed by atoms with Crippen LogP contribution in [0.5, 0.6) is 0 Å². The van der Waals surface area contributed by atoms with Gasteiger partial charge in [-0.1, -0.05) is 35.5 Å². The second-order valence-corrected chi connectivity index (χ2v) is 7.63. The number of hydrogen-bond donors (Lipinski definition) is 2. The number of aliphatic imine (C=N–C) groups is 1. The maximum absolute atomic E-state index is 13.9. The molecule has 26 heavy (non-hydrogen) atoms. The van der Waals surface area contributed by atoms with E-state index in [1.807, 2.05) is 13.0 Å². The van der Waals surface area contributed by atoms with Crippen molar-refractivity contribution in [2.75, 3.05) is 11.1 Å². The number of amidine groups is 1. The summed E-state index contributed by atoms with van der Waals surface area (Å²) in [4.78, 5) is 16.8. The van der Waals surface area contributed by atoms with Crippen molar-refractivity contribution in [2.24, 2.45) is 10.7 Å². The molecule has 1 aliphatic rings. The molecule has 0 saturated carbocycles. The molecule has 8 heteroatoms. The second-order valence-electron chi connectivity index (χ2n) is 6.10. The molecule has 0 bridgehead atoms. The lowest BCUT2D eigenvalue weighted by Gasteiger charge is -2.30. The van der Waals surface area contributed by atoms with E-state index in [1.165, 1.54) is 11.8 Å². The number of benzene rings is 2. The number of carbonyl (C=O) groups is 1. The number of anilines is 1. The Morgan fingerprint density at radius 1 is 1.31 bits per heavy atom. The normalized spacial score (nSPS) is 19.8. The van der Waals surface area contributed by atoms with Crippen molar-refractivity contribution in [1.29, 1.82) is 0 Å². The van der Waals surface area contributed by atoms with E-state index in [0.717, 1.165) is 29.9 Å². The van der Waals surface area contributed by atoms with Crippen LogP contribution in [0.1, 0.15) is 29.3 Å². The molecule has 0 fully saturated rings. The molecule has 1 heterocycles. The summed E-state index contributed by atoms with van der Waals surface area (Å²) < 4.78 is 27.5. The van der Waals surface area contributed by atoms with Crippen LogP contribution in [0.3, 0.4) is 0 Å². The van der Waals surface area contributed by atoms with E-state index in [9.17, 15) is 13.6 Å². The number of nitrogens with zero attached hydrogens (tertiary/aromatic N) is 1. The lowest BCUT2D eigenvalue weighted by Crippen LogP contribution is -2.28. The number of nitrogens with one attached hydrogen (secondary N) is 1. The van der Waals surface area contributed by atoms with Crippen molar-refractivity contribution in [3.63, 3.8) is 0 Å². The van der Waals surface area contributed by atoms with E-state index in [2.05, 4.69) is 10.3 Å². The van der Waals surface area contributed by atoms with Crippen molar-refractivity contribution < 1.29 is 13.6 Å². The van der Waals surface area contributed by atoms with E-state index in [0.29, 0.717) is 10.9 Å². The Kier molecular flexibility index (Phi) is 5.20. The van der Waals surface area contributed by atoms with Gasteiger partial charge in [-0.05, 0) is 43.2 Å². The molecule has 3 rings (SSSR count). The maximum Gasteiger partial charge on any atom is 0.258 e. The molecule has 2 aromatic carbocycles. The molecule has 0 saturated heterocycles. The zero-order valence-corrected chi connectivity index (χ0v) is 15.4. The van der Waals surface area contributed by atoms with Gasteiger partial charge in [0.1, 0.15) is 11.6 Å². The highest BCUT2D eigenvalue weighted by Gasteiger charge is 2.29. The monoisotopic (exact) mass is 395 g/mol. The SMILES string of the molecule is CC1(c2cccc(NC(=O)c3cc(F)c(Cl)cc3F)c2)CCSC(N)=N1. The van der Waals surface area contributed by atoms with Gasteiger partial charge < -0.3 is 11.1 Å². The lowest BCUT2D eigenvalue weighted by atomic mass is 9.89. The highest BCUT2D eigenvalue weighted by Crippen LogP contribution is 2.36. The minimum absolute atomic E-state index is 0.375. The van der Waals surface area contributed by atoms with Gasteiger partial charge in [-0.3, -0.25) is 9.79 Å². The fraction of sp³-hybridized carbons (Fsp3) is 0.222. The van der Waals surface area contributed by atoms with Crippen LogP contribution in [0.15, 0.2) is 41.4 Å². The number of rotatable bonds is 3. The van der Waals surface area contributed by atoms with Crippen LogP contribution in [-0.4, -0.2) is 16.8 Å². The van der Waals surface area contributed by atoms with Crippen molar-refractivity contribution >= 4 is 40.1 Å². The molecule has 0 aliphatic carbocycles. The molecule has 2 aromatic rings. The van der Waals surface area contributed by atoms with Gasteiger partial charge in [-0.15, -0.1) is 0 Å². The van der Waals surface area contributed by atoms with Crippen LogP contribution in [-0.2, 0) is 5.54 Å². The fourth-order valence-electron chi connectivity index (χ4n) is 2.72. The molecule has 0 spiro atoms. The molecule has 0 aromatic heterocycles. The highest BCUT2D eigenvalue weighted by atomic mass is 35.5. The molecule has 1 amide bonds. The molecule has 0 radical (unpaired) electrons. The van der Waals surface area contributed by atoms with Crippen LogP contribution < -0.4 is 11.1 Å². The van der Waals surface area contributed by atoms with Crippen LogP contribution in [0.2, 0.25) is 5.02 Å². The van der Waals surface area contributed by atoms with Gasteiger partial charge >= 0.3 is 0 Å². The summed E-state index contributed by atoms with van der Waals surface area (Å²) in [6.07, 6.45) is 0.798. The second kappa shape index (κ2) is 7.25. The molecular formula is C18H16ClF2N3OS. The van der Waals surface area contributed by atoms with E-state index < -0.39 is 28.6 Å². The third kappa shape index (κ3) is 3.83. The molecule has 3 N–H and O–H groups in total. The van der Waals surface area contributed by atoms with Crippen molar-refractivity contribution in [2.45, 2.75) is 18.9 Å². The summed E-state index contributed by atoms with van der Waals surface area (Å²) in [5.41, 5.74) is 6.26. The Morgan fingerprint density at radius 2 is 2.08 bits per heavy atom. The van der Waals surface area contributed by atoms with Crippen molar-refractivity contribution in [3.8, 4) is 0 Å². The van der Waals surface area contributed by atoms with Gasteiger partial charge in [0, 0.05) is 11.4 Å². The van der Waals surface area contributed by atoms with E-state index >= 15 is 0 Å². The minimum Gasteiger partial charge on any atom is -0.379 e. The third-order valence-electron chi connectivity index (χ3n) is 4.19. The van der Waals surface area contributed by atoms with Gasteiger partial charge in [-0.2, -0.15) is 0 Å². The van der Waals surface area contributed by atoms with Gasteiger partial charge in [-0.25, -0.2) is 8.78 Å². The predicted octanol–water partition coefficient (Wildman–Crippen LogP) is 4.54. The van der Waals surface area contributed by atoms with Crippen LogP contribution in [0.25, 0.3) is 0 Å². The average molecular weight is 396 g/mol. The van der Waals surface area contributed by atoms with Crippen molar-refractivity contribution in [3.05, 3.63) is 64.2 Å². The minimum atomic E-state index is -0.890. The summed E-state index contributed by atoms with van der Waals surface area (Å²) in [5.74, 6) is -1.66.